The molecule has 6 heteroatoms. The van der Waals surface area contributed by atoms with Gasteiger partial charge in [0.2, 0.25) is 0 Å². The summed E-state index contributed by atoms with van der Waals surface area (Å²) < 4.78 is 0.992. The van der Waals surface area contributed by atoms with E-state index in [1.807, 2.05) is 31.2 Å². The van der Waals surface area contributed by atoms with Crippen molar-refractivity contribution in [3.8, 4) is 0 Å². The third kappa shape index (κ3) is 5.21. The van der Waals surface area contributed by atoms with E-state index in [1.54, 1.807) is 11.9 Å². The number of aliphatic carboxylic acids is 1. The Bertz CT molecular complexity index is 462. The highest BCUT2D eigenvalue weighted by atomic mass is 79.9. The Labute approximate surface area is 127 Å². The smallest absolute Gasteiger partial charge is 0.320 e. The van der Waals surface area contributed by atoms with Crippen LogP contribution in [0.4, 0.5) is 4.79 Å². The first kappa shape index (κ1) is 16.5. The number of hydrogen-bond donors (Lipinski definition) is 1. The van der Waals surface area contributed by atoms with Crippen molar-refractivity contribution in [2.45, 2.75) is 19.9 Å². The van der Waals surface area contributed by atoms with Crippen molar-refractivity contribution in [2.75, 3.05) is 20.1 Å². The molecular formula is C14H19BrN2O3. The summed E-state index contributed by atoms with van der Waals surface area (Å²) in [6, 6.07) is 7.59. The van der Waals surface area contributed by atoms with E-state index in [4.69, 9.17) is 5.11 Å². The van der Waals surface area contributed by atoms with Crippen LogP contribution in [0.2, 0.25) is 0 Å². The zero-order chi connectivity index (χ0) is 15.1. The molecule has 0 fully saturated rings. The van der Waals surface area contributed by atoms with Gasteiger partial charge < -0.3 is 14.9 Å². The second kappa shape index (κ2) is 7.89. The van der Waals surface area contributed by atoms with Gasteiger partial charge in [0, 0.05) is 31.2 Å². The maximum Gasteiger partial charge on any atom is 0.320 e. The Morgan fingerprint density at radius 2 is 1.85 bits per heavy atom. The van der Waals surface area contributed by atoms with Crippen molar-refractivity contribution in [1.82, 2.24) is 9.80 Å². The van der Waals surface area contributed by atoms with Crippen LogP contribution >= 0.6 is 15.9 Å². The third-order valence-corrected chi connectivity index (χ3v) is 3.44. The lowest BCUT2D eigenvalue weighted by molar-refractivity contribution is -0.137. The summed E-state index contributed by atoms with van der Waals surface area (Å²) >= 11 is 3.36. The molecule has 2 amide bonds. The van der Waals surface area contributed by atoms with Crippen molar-refractivity contribution < 1.29 is 14.7 Å². The lowest BCUT2D eigenvalue weighted by atomic mass is 10.2. The van der Waals surface area contributed by atoms with E-state index in [9.17, 15) is 9.59 Å². The zero-order valence-corrected chi connectivity index (χ0v) is 13.3. The Kier molecular flexibility index (Phi) is 6.51. The van der Waals surface area contributed by atoms with Crippen LogP contribution in [0.5, 0.6) is 0 Å². The number of benzene rings is 1. The van der Waals surface area contributed by atoms with E-state index in [2.05, 4.69) is 15.9 Å². The quantitative estimate of drug-likeness (QED) is 0.864. The Morgan fingerprint density at radius 1 is 1.25 bits per heavy atom. The predicted octanol–water partition coefficient (Wildman–Crippen LogP) is 2.80. The Balaban J connectivity index is 2.59. The molecule has 1 N–H and O–H groups in total. The fraction of sp³-hybridized carbons (Fsp3) is 0.429. The van der Waals surface area contributed by atoms with Gasteiger partial charge in [-0.2, -0.15) is 0 Å². The minimum atomic E-state index is -0.896. The average Bonchev–Trinajstić information content (AvgIpc) is 2.41. The number of carbonyl (C=O) groups is 2. The van der Waals surface area contributed by atoms with Crippen molar-refractivity contribution in [3.05, 3.63) is 34.3 Å². The first-order valence-corrected chi connectivity index (χ1v) is 7.19. The summed E-state index contributed by atoms with van der Waals surface area (Å²) in [6.45, 7) is 3.06. The van der Waals surface area contributed by atoms with E-state index in [0.29, 0.717) is 13.1 Å². The van der Waals surface area contributed by atoms with Crippen LogP contribution < -0.4 is 0 Å². The van der Waals surface area contributed by atoms with Crippen LogP contribution in [-0.2, 0) is 11.3 Å². The molecule has 0 saturated carbocycles. The minimum Gasteiger partial charge on any atom is -0.481 e. The van der Waals surface area contributed by atoms with Gasteiger partial charge in [-0.05, 0) is 24.6 Å². The molecule has 0 atom stereocenters. The standard InChI is InChI=1S/C14H19BrN2O3/c1-3-17(9-8-13(18)19)14(20)16(2)10-11-4-6-12(15)7-5-11/h4-7H,3,8-10H2,1-2H3,(H,18,19). The molecule has 0 spiro atoms. The molecule has 0 aliphatic rings. The Morgan fingerprint density at radius 3 is 2.35 bits per heavy atom. The monoisotopic (exact) mass is 342 g/mol. The lowest BCUT2D eigenvalue weighted by Crippen LogP contribution is -2.41. The number of rotatable bonds is 6. The molecule has 0 aliphatic carbocycles. The molecule has 0 heterocycles. The number of hydrogen-bond acceptors (Lipinski definition) is 2. The van der Waals surface area contributed by atoms with Crippen LogP contribution in [0.15, 0.2) is 28.7 Å². The maximum absolute atomic E-state index is 12.2. The van der Waals surface area contributed by atoms with Gasteiger partial charge in [-0.15, -0.1) is 0 Å². The Hall–Kier alpha value is -1.56. The van der Waals surface area contributed by atoms with E-state index in [-0.39, 0.29) is 19.0 Å². The largest absolute Gasteiger partial charge is 0.481 e. The van der Waals surface area contributed by atoms with E-state index in [1.165, 1.54) is 4.90 Å². The van der Waals surface area contributed by atoms with E-state index >= 15 is 0 Å². The first-order valence-electron chi connectivity index (χ1n) is 6.40. The second-order valence-corrected chi connectivity index (χ2v) is 5.40. The van der Waals surface area contributed by atoms with E-state index < -0.39 is 5.97 Å². The molecule has 20 heavy (non-hydrogen) atoms. The van der Waals surface area contributed by atoms with Gasteiger partial charge in [-0.3, -0.25) is 4.79 Å². The molecular weight excluding hydrogens is 324 g/mol. The molecule has 0 aliphatic heterocycles. The second-order valence-electron chi connectivity index (χ2n) is 4.49. The fourth-order valence-electron chi connectivity index (χ4n) is 1.79. The molecule has 0 radical (unpaired) electrons. The number of nitrogens with zero attached hydrogens (tertiary/aromatic N) is 2. The van der Waals surface area contributed by atoms with Crippen molar-refractivity contribution in [2.24, 2.45) is 0 Å². The van der Waals surface area contributed by atoms with Crippen LogP contribution in [0.25, 0.3) is 0 Å². The van der Waals surface area contributed by atoms with Crippen LogP contribution in [0.3, 0.4) is 0 Å². The fourth-order valence-corrected chi connectivity index (χ4v) is 2.06. The van der Waals surface area contributed by atoms with Gasteiger partial charge in [0.05, 0.1) is 6.42 Å². The van der Waals surface area contributed by atoms with Crippen LogP contribution in [0.1, 0.15) is 18.9 Å². The normalized spacial score (nSPS) is 10.2. The van der Waals surface area contributed by atoms with Crippen molar-refractivity contribution in [1.29, 1.82) is 0 Å². The highest BCUT2D eigenvalue weighted by molar-refractivity contribution is 9.10. The van der Waals surface area contributed by atoms with Gasteiger partial charge in [0.1, 0.15) is 0 Å². The topological polar surface area (TPSA) is 60.9 Å². The molecule has 1 aromatic rings. The molecule has 0 bridgehead atoms. The molecule has 110 valence electrons. The number of amides is 2. The summed E-state index contributed by atoms with van der Waals surface area (Å²) in [4.78, 5) is 25.9. The molecule has 5 nitrogen and oxygen atoms in total. The highest BCUT2D eigenvalue weighted by Gasteiger charge is 2.17. The van der Waals surface area contributed by atoms with Gasteiger partial charge >= 0.3 is 12.0 Å². The average molecular weight is 343 g/mol. The van der Waals surface area contributed by atoms with Gasteiger partial charge in [-0.25, -0.2) is 4.79 Å². The maximum atomic E-state index is 12.2. The molecule has 0 saturated heterocycles. The van der Waals surface area contributed by atoms with E-state index in [0.717, 1.165) is 10.0 Å². The highest BCUT2D eigenvalue weighted by Crippen LogP contribution is 2.12. The molecule has 0 aromatic heterocycles. The van der Waals surface area contributed by atoms with Crippen LogP contribution in [0, 0.1) is 0 Å². The SMILES string of the molecule is CCN(CCC(=O)O)C(=O)N(C)Cc1ccc(Br)cc1. The number of halogens is 1. The molecule has 0 unspecified atom stereocenters. The lowest BCUT2D eigenvalue weighted by Gasteiger charge is -2.27. The third-order valence-electron chi connectivity index (χ3n) is 2.91. The number of carboxylic acids is 1. The first-order chi connectivity index (χ1) is 9.43. The zero-order valence-electron chi connectivity index (χ0n) is 11.7. The summed E-state index contributed by atoms with van der Waals surface area (Å²) in [5.74, 6) is -0.896. The summed E-state index contributed by atoms with van der Waals surface area (Å²) in [6.07, 6.45) is -0.0360. The molecule has 1 rings (SSSR count). The predicted molar refractivity (Wildman–Crippen MR) is 80.5 cm³/mol. The van der Waals surface area contributed by atoms with Crippen LogP contribution in [-0.4, -0.2) is 47.0 Å². The summed E-state index contributed by atoms with van der Waals surface area (Å²) in [5.41, 5.74) is 1.03. The molecule has 1 aromatic carbocycles. The van der Waals surface area contributed by atoms with Crippen molar-refractivity contribution in [3.63, 3.8) is 0 Å². The minimum absolute atomic E-state index is 0.0360. The number of urea groups is 1. The summed E-state index contributed by atoms with van der Waals surface area (Å²) in [7, 11) is 1.72. The van der Waals surface area contributed by atoms with Gasteiger partial charge in [0.15, 0.2) is 0 Å². The summed E-state index contributed by atoms with van der Waals surface area (Å²) in [5, 5.41) is 8.68. The number of carboxylic acid groups (broad SMARTS) is 1. The van der Waals surface area contributed by atoms with Crippen molar-refractivity contribution >= 4 is 27.9 Å². The van der Waals surface area contributed by atoms with Gasteiger partial charge in [-0.1, -0.05) is 28.1 Å². The van der Waals surface area contributed by atoms with Gasteiger partial charge in [0.25, 0.3) is 0 Å². The number of carbonyl (C=O) groups excluding carboxylic acids is 1.